The maximum Gasteiger partial charge on any atom is 0.326 e. The van der Waals surface area contributed by atoms with Crippen LogP contribution in [0, 0.1) is 0 Å². The molecule has 0 fully saturated rings. The fraction of sp³-hybridized carbons (Fsp3) is 0.776. The molecule has 1 rings (SSSR count). The van der Waals surface area contributed by atoms with E-state index in [0.717, 1.165) is 50.8 Å². The zero-order valence-electron chi connectivity index (χ0n) is 45.4. The van der Waals surface area contributed by atoms with Crippen LogP contribution in [0.25, 0.3) is 0 Å². The summed E-state index contributed by atoms with van der Waals surface area (Å²) in [5, 5.41) is 54.0. The molecule has 29 nitrogen and oxygen atoms in total. The first-order valence-corrected chi connectivity index (χ1v) is 28.6. The van der Waals surface area contributed by atoms with Crippen LogP contribution in [-0.4, -0.2) is 193 Å². The van der Waals surface area contributed by atoms with Gasteiger partial charge in [0.2, 0.25) is 45.5 Å². The van der Waals surface area contributed by atoms with Crippen molar-refractivity contribution in [3.63, 3.8) is 0 Å². The minimum atomic E-state index is -3.99. The first-order chi connectivity index (χ1) is 37.8. The normalized spacial score (nSPS) is 12.4. The van der Waals surface area contributed by atoms with Gasteiger partial charge in [0.25, 0.3) is 0 Å². The number of rotatable bonds is 52. The van der Waals surface area contributed by atoms with E-state index in [1.807, 2.05) is 4.72 Å². The number of carboxylic acids is 3. The van der Waals surface area contributed by atoms with E-state index < -0.39 is 100 Å². The standard InChI is InChI=1S/C49H84N10O19S/c1-36(60)19-20-37(47(67)68)53-43(63)24-22-39(49(71)72)54-46(66)35-78-32-30-76-28-26-51-45(65)34-77-31-29-75-27-25-50-41(61)23-21-38(48(69)70)52-42(62)18-15-33-79(73,74)57-44(64)17-14-12-10-8-6-4-2-3-5-7-9-11-13-16-40-55-58-59-56-40/h37-39H,2-35H2,1H3,(H,50,61)(H,51,65)(H,52,62)(H,53,63)(H,54,66)(H,57,64)(H,67,68)(H,69,70)(H,71,72)(H,55,56,58,59)/t37-,38-,39-/m0/s1. The summed E-state index contributed by atoms with van der Waals surface area (Å²) in [6.07, 6.45) is 13.1. The Morgan fingerprint density at radius 2 is 0.899 bits per heavy atom. The van der Waals surface area contributed by atoms with Crippen LogP contribution in [-0.2, 0) is 83.3 Å². The summed E-state index contributed by atoms with van der Waals surface area (Å²) in [6, 6.07) is -4.17. The van der Waals surface area contributed by atoms with Crippen molar-refractivity contribution >= 4 is 69.2 Å². The Labute approximate surface area is 460 Å². The second kappa shape index (κ2) is 44.6. The number of Topliss-reactive ketones (excluding diaryl/α,β-unsaturated/α-hetero) is 1. The molecule has 0 aliphatic rings. The van der Waals surface area contributed by atoms with Crippen molar-refractivity contribution in [3.05, 3.63) is 5.82 Å². The van der Waals surface area contributed by atoms with Gasteiger partial charge in [0, 0.05) is 51.6 Å². The summed E-state index contributed by atoms with van der Waals surface area (Å²) in [7, 11) is -3.99. The Hall–Kier alpha value is -6.24. The van der Waals surface area contributed by atoms with Gasteiger partial charge in [-0.2, -0.15) is 5.21 Å². The van der Waals surface area contributed by atoms with Crippen molar-refractivity contribution in [2.45, 2.75) is 173 Å². The Morgan fingerprint density at radius 3 is 1.39 bits per heavy atom. The average molecular weight is 1150 g/mol. The van der Waals surface area contributed by atoms with E-state index in [4.69, 9.17) is 18.9 Å². The number of carboxylic acid groups (broad SMARTS) is 3. The number of hydrogen-bond acceptors (Lipinski definition) is 19. The lowest BCUT2D eigenvalue weighted by Crippen LogP contribution is -2.45. The number of unbranched alkanes of at least 4 members (excludes halogenated alkanes) is 12. The van der Waals surface area contributed by atoms with Crippen molar-refractivity contribution in [1.29, 1.82) is 0 Å². The Bertz CT molecular complexity index is 2080. The lowest BCUT2D eigenvalue weighted by atomic mass is 10.0. The lowest BCUT2D eigenvalue weighted by Gasteiger charge is -2.16. The van der Waals surface area contributed by atoms with Gasteiger partial charge in [0.05, 0.1) is 45.4 Å². The number of carbonyl (C=O) groups excluding carboxylic acids is 7. The van der Waals surface area contributed by atoms with Crippen molar-refractivity contribution in [1.82, 2.24) is 51.9 Å². The van der Waals surface area contributed by atoms with Crippen LogP contribution >= 0.6 is 0 Å². The molecule has 450 valence electrons. The number of aryl methyl sites for hydroxylation is 1. The predicted octanol–water partition coefficient (Wildman–Crippen LogP) is 0.366. The maximum absolute atomic E-state index is 12.4. The van der Waals surface area contributed by atoms with Crippen LogP contribution in [0.5, 0.6) is 0 Å². The number of sulfonamides is 1. The fourth-order valence-corrected chi connectivity index (χ4v) is 8.45. The number of tetrazole rings is 1. The molecule has 1 aromatic rings. The number of aliphatic carboxylic acids is 3. The van der Waals surface area contributed by atoms with E-state index in [1.165, 1.54) is 45.4 Å². The molecule has 6 amide bonds. The molecule has 1 heterocycles. The second-order valence-electron chi connectivity index (χ2n) is 18.6. The summed E-state index contributed by atoms with van der Waals surface area (Å²) in [4.78, 5) is 119. The zero-order chi connectivity index (χ0) is 58.5. The summed E-state index contributed by atoms with van der Waals surface area (Å²) >= 11 is 0. The fourth-order valence-electron chi connectivity index (χ4n) is 7.37. The molecule has 1 aromatic heterocycles. The van der Waals surface area contributed by atoms with Crippen LogP contribution in [0.4, 0.5) is 0 Å². The molecule has 0 aromatic carbocycles. The third-order valence-corrected chi connectivity index (χ3v) is 13.0. The van der Waals surface area contributed by atoms with Gasteiger partial charge in [0.15, 0.2) is 5.82 Å². The van der Waals surface area contributed by atoms with Crippen LogP contribution in [0.15, 0.2) is 0 Å². The Balaban J connectivity index is 2.04. The first kappa shape index (κ1) is 70.8. The zero-order valence-corrected chi connectivity index (χ0v) is 46.2. The van der Waals surface area contributed by atoms with Gasteiger partial charge in [-0.15, -0.1) is 10.2 Å². The van der Waals surface area contributed by atoms with Gasteiger partial charge in [-0.05, 0) is 45.4 Å². The largest absolute Gasteiger partial charge is 0.480 e. The summed E-state index contributed by atoms with van der Waals surface area (Å²) in [6.45, 7) is 0.999. The molecule has 0 saturated heterocycles. The number of nitrogens with zero attached hydrogens (tertiary/aromatic N) is 3. The summed E-state index contributed by atoms with van der Waals surface area (Å²) in [5.41, 5.74) is 0. The van der Waals surface area contributed by atoms with Gasteiger partial charge in [0.1, 0.15) is 37.1 Å². The SMILES string of the molecule is CC(=O)CC[C@H](NC(=O)CC[C@H](NC(=O)COCCOCCNC(=O)COCCOCCNC(=O)CC[C@H](NC(=O)CCCS(=O)(=O)NC(=O)CCCCCCCCCCCCCCCc1nn[nH]n1)C(=O)O)C(=O)O)C(=O)O. The predicted molar refractivity (Wildman–Crippen MR) is 280 cm³/mol. The van der Waals surface area contributed by atoms with Gasteiger partial charge < -0.3 is 65.6 Å². The Morgan fingerprint density at radius 1 is 0.481 bits per heavy atom. The molecular formula is C49H84N10O19S. The minimum absolute atomic E-state index is 0.0359. The molecule has 79 heavy (non-hydrogen) atoms. The van der Waals surface area contributed by atoms with Crippen molar-refractivity contribution in [2.24, 2.45) is 0 Å². The molecule has 0 aliphatic carbocycles. The molecule has 0 bridgehead atoms. The highest BCUT2D eigenvalue weighted by Crippen LogP contribution is 2.14. The Kier molecular flexibility index (Phi) is 40.0. The molecule has 30 heteroatoms. The number of ether oxygens (including phenoxy) is 4. The number of aromatic amines is 1. The van der Waals surface area contributed by atoms with Crippen LogP contribution in [0.2, 0.25) is 0 Å². The van der Waals surface area contributed by atoms with E-state index in [0.29, 0.717) is 6.42 Å². The molecule has 10 N–H and O–H groups in total. The number of aromatic nitrogens is 4. The second-order valence-corrected chi connectivity index (χ2v) is 20.4. The highest BCUT2D eigenvalue weighted by Gasteiger charge is 2.25. The molecule has 0 saturated carbocycles. The number of nitrogens with one attached hydrogen (secondary N) is 7. The van der Waals surface area contributed by atoms with Crippen molar-refractivity contribution in [3.8, 4) is 0 Å². The third-order valence-electron chi connectivity index (χ3n) is 11.6. The van der Waals surface area contributed by atoms with Gasteiger partial charge in [-0.1, -0.05) is 75.8 Å². The average Bonchev–Trinajstić information content (AvgIpc) is 3.91. The molecule has 0 unspecified atom stereocenters. The van der Waals surface area contributed by atoms with Gasteiger partial charge >= 0.3 is 17.9 Å². The smallest absolute Gasteiger partial charge is 0.326 e. The van der Waals surface area contributed by atoms with Gasteiger partial charge in [-0.25, -0.2) is 22.8 Å². The highest BCUT2D eigenvalue weighted by atomic mass is 32.2. The number of amides is 6. The van der Waals surface area contributed by atoms with E-state index in [-0.39, 0.29) is 116 Å². The monoisotopic (exact) mass is 1150 g/mol. The maximum atomic E-state index is 12.4. The third kappa shape index (κ3) is 41.5. The van der Waals surface area contributed by atoms with E-state index in [2.05, 4.69) is 47.2 Å². The number of H-pyrrole nitrogens is 1. The van der Waals surface area contributed by atoms with E-state index >= 15 is 0 Å². The van der Waals surface area contributed by atoms with Gasteiger partial charge in [-0.3, -0.25) is 33.5 Å². The number of ketones is 1. The van der Waals surface area contributed by atoms with E-state index in [9.17, 15) is 71.7 Å². The molecule has 0 spiro atoms. The lowest BCUT2D eigenvalue weighted by molar-refractivity contribution is -0.144. The highest BCUT2D eigenvalue weighted by molar-refractivity contribution is 7.90. The molecular weight excluding hydrogens is 1060 g/mol. The number of carbonyl (C=O) groups is 10. The van der Waals surface area contributed by atoms with Crippen molar-refractivity contribution in [2.75, 3.05) is 71.7 Å². The topological polar surface area (TPSA) is 429 Å². The molecule has 3 atom stereocenters. The summed E-state index contributed by atoms with van der Waals surface area (Å²) < 4.78 is 47.9. The van der Waals surface area contributed by atoms with Crippen LogP contribution in [0.3, 0.4) is 0 Å². The molecule has 0 aliphatic heterocycles. The molecule has 0 radical (unpaired) electrons. The van der Waals surface area contributed by atoms with Crippen LogP contribution < -0.4 is 31.3 Å². The number of hydrogen-bond donors (Lipinski definition) is 10. The first-order valence-electron chi connectivity index (χ1n) is 26.9. The van der Waals surface area contributed by atoms with E-state index in [1.54, 1.807) is 0 Å². The minimum Gasteiger partial charge on any atom is -0.480 e. The van der Waals surface area contributed by atoms with Crippen LogP contribution in [0.1, 0.15) is 154 Å². The van der Waals surface area contributed by atoms with Crippen molar-refractivity contribution < 1.29 is 90.6 Å². The quantitative estimate of drug-likeness (QED) is 0.0394. The summed E-state index contributed by atoms with van der Waals surface area (Å²) in [5.74, 6) is -7.96.